The first-order valence-electron chi connectivity index (χ1n) is 14.7. The fourth-order valence-electron chi connectivity index (χ4n) is 6.42. The van der Waals surface area contributed by atoms with Gasteiger partial charge in [0.05, 0.1) is 12.1 Å². The number of nitrogens with zero attached hydrogens (tertiary/aromatic N) is 5. The van der Waals surface area contributed by atoms with Gasteiger partial charge in [-0.15, -0.1) is 0 Å². The number of hydrogen-bond acceptors (Lipinski definition) is 9. The first kappa shape index (κ1) is 28.1. The molecule has 2 unspecified atom stereocenters. The molecule has 0 radical (unpaired) electrons. The summed E-state index contributed by atoms with van der Waals surface area (Å²) < 4.78 is 7.73. The van der Waals surface area contributed by atoms with Crippen molar-refractivity contribution in [2.24, 2.45) is 0 Å². The van der Waals surface area contributed by atoms with Crippen LogP contribution in [0.2, 0.25) is 0 Å². The summed E-state index contributed by atoms with van der Waals surface area (Å²) >= 11 is 0. The number of fused-ring (bicyclic) bond motifs is 3. The van der Waals surface area contributed by atoms with Gasteiger partial charge in [-0.2, -0.15) is 4.98 Å². The highest BCUT2D eigenvalue weighted by Gasteiger charge is 2.52. The van der Waals surface area contributed by atoms with E-state index in [2.05, 4.69) is 25.9 Å². The number of anilines is 2. The van der Waals surface area contributed by atoms with Crippen LogP contribution in [-0.4, -0.2) is 79.5 Å². The molecule has 6 rings (SSSR count). The summed E-state index contributed by atoms with van der Waals surface area (Å²) in [5.74, 6) is 0.205. The molecule has 2 bridgehead atoms. The first-order valence-corrected chi connectivity index (χ1v) is 14.7. The normalized spacial score (nSPS) is 22.4. The van der Waals surface area contributed by atoms with Crippen LogP contribution in [0.15, 0.2) is 30.6 Å². The highest BCUT2D eigenvalue weighted by atomic mass is 16.6. The van der Waals surface area contributed by atoms with Crippen molar-refractivity contribution in [3.63, 3.8) is 0 Å². The summed E-state index contributed by atoms with van der Waals surface area (Å²) in [4.78, 5) is 54.5. The van der Waals surface area contributed by atoms with E-state index in [-0.39, 0.29) is 36.4 Å². The number of piperazine rings is 1. The number of pyridine rings is 1. The van der Waals surface area contributed by atoms with Crippen LogP contribution in [0.1, 0.15) is 86.2 Å². The zero-order valence-electron chi connectivity index (χ0n) is 24.6. The quantitative estimate of drug-likeness (QED) is 0.378. The molecule has 2 atom stereocenters. The second-order valence-electron chi connectivity index (χ2n) is 12.6. The Labute approximate surface area is 244 Å². The third kappa shape index (κ3) is 5.31. The molecule has 1 saturated carbocycles. The highest BCUT2D eigenvalue weighted by molar-refractivity contribution is 5.98. The van der Waals surface area contributed by atoms with Crippen LogP contribution in [0.5, 0.6) is 0 Å². The van der Waals surface area contributed by atoms with Gasteiger partial charge in [-0.05, 0) is 64.7 Å². The average molecular weight is 575 g/mol. The number of nitrogens with one attached hydrogen (secondary N) is 3. The molecular formula is C30H38N8O4. The smallest absolute Gasteiger partial charge is 0.328 e. The van der Waals surface area contributed by atoms with E-state index in [0.717, 1.165) is 37.5 Å². The molecule has 3 fully saturated rings. The summed E-state index contributed by atoms with van der Waals surface area (Å²) in [5.41, 5.74) is 0.233. The Kier molecular flexibility index (Phi) is 7.12. The molecule has 1 aliphatic carbocycles. The van der Waals surface area contributed by atoms with Gasteiger partial charge in [0.2, 0.25) is 5.95 Å². The number of rotatable bonds is 6. The number of aromatic nitrogens is 4. The lowest BCUT2D eigenvalue weighted by Gasteiger charge is -2.40. The van der Waals surface area contributed by atoms with Gasteiger partial charge < -0.3 is 24.8 Å². The molecule has 2 aliphatic heterocycles. The van der Waals surface area contributed by atoms with Gasteiger partial charge in [0.15, 0.2) is 0 Å². The topological polar surface area (TPSA) is 143 Å². The van der Waals surface area contributed by atoms with Gasteiger partial charge in [0.25, 0.3) is 11.8 Å². The Hall–Kier alpha value is -4.06. The van der Waals surface area contributed by atoms with Gasteiger partial charge in [-0.3, -0.25) is 14.9 Å². The van der Waals surface area contributed by atoms with Crippen LogP contribution in [0.25, 0.3) is 11.0 Å². The third-order valence-electron chi connectivity index (χ3n) is 8.35. The molecule has 3 aromatic heterocycles. The minimum atomic E-state index is -0.884. The summed E-state index contributed by atoms with van der Waals surface area (Å²) in [6.45, 7) is 6.32. The molecule has 0 aromatic carbocycles. The molecule has 0 spiro atoms. The third-order valence-corrected chi connectivity index (χ3v) is 8.35. The molecule has 12 heteroatoms. The van der Waals surface area contributed by atoms with Crippen molar-refractivity contribution in [2.75, 3.05) is 25.5 Å². The fraction of sp³-hybridized carbons (Fsp3) is 0.533. The van der Waals surface area contributed by atoms with E-state index < -0.39 is 11.1 Å². The van der Waals surface area contributed by atoms with E-state index in [1.807, 2.05) is 31.4 Å². The SMILES string of the molecule is CNC(=O)c1cc2cnc(Nc3ccc(C(=O)N4CC5CCC(C(=O)OC(C)(C)C)(C4)N5)cn3)nc2n1C1CCCC1. The van der Waals surface area contributed by atoms with Gasteiger partial charge in [0, 0.05) is 43.5 Å². The van der Waals surface area contributed by atoms with Crippen molar-refractivity contribution in [3.05, 3.63) is 41.9 Å². The predicted molar refractivity (Wildman–Crippen MR) is 157 cm³/mol. The maximum Gasteiger partial charge on any atom is 0.328 e. The minimum Gasteiger partial charge on any atom is -0.459 e. The van der Waals surface area contributed by atoms with Crippen molar-refractivity contribution >= 4 is 40.6 Å². The number of ether oxygens (including phenoxy) is 1. The molecule has 3 aromatic rings. The Balaban J connectivity index is 1.18. The highest BCUT2D eigenvalue weighted by Crippen LogP contribution is 2.35. The zero-order valence-corrected chi connectivity index (χ0v) is 24.6. The molecule has 5 heterocycles. The van der Waals surface area contributed by atoms with Gasteiger partial charge in [-0.1, -0.05) is 12.8 Å². The van der Waals surface area contributed by atoms with Crippen LogP contribution in [0.3, 0.4) is 0 Å². The molecule has 222 valence electrons. The van der Waals surface area contributed by atoms with Gasteiger partial charge >= 0.3 is 5.97 Å². The molecule has 2 amide bonds. The molecule has 42 heavy (non-hydrogen) atoms. The number of carbonyl (C=O) groups is 3. The summed E-state index contributed by atoms with van der Waals surface area (Å²) in [6.07, 6.45) is 8.94. The zero-order chi connectivity index (χ0) is 29.6. The second-order valence-corrected chi connectivity index (χ2v) is 12.6. The maximum absolute atomic E-state index is 13.5. The van der Waals surface area contributed by atoms with Crippen LogP contribution in [0, 0.1) is 0 Å². The summed E-state index contributed by atoms with van der Waals surface area (Å²) in [6, 6.07) is 5.53. The van der Waals surface area contributed by atoms with Crippen molar-refractivity contribution in [1.29, 1.82) is 0 Å². The number of likely N-dealkylation sites (tertiary alicyclic amines) is 1. The van der Waals surface area contributed by atoms with Crippen molar-refractivity contribution in [1.82, 2.24) is 35.1 Å². The number of esters is 1. The van der Waals surface area contributed by atoms with Crippen LogP contribution >= 0.6 is 0 Å². The Morgan fingerprint density at radius 2 is 1.88 bits per heavy atom. The molecule has 3 aliphatic rings. The Morgan fingerprint density at radius 1 is 1.10 bits per heavy atom. The minimum absolute atomic E-state index is 0.0447. The molecule has 3 N–H and O–H groups in total. The van der Waals surface area contributed by atoms with Gasteiger partial charge in [-0.25, -0.2) is 14.8 Å². The second kappa shape index (κ2) is 10.6. The lowest BCUT2D eigenvalue weighted by Crippen LogP contribution is -2.65. The fourth-order valence-corrected chi connectivity index (χ4v) is 6.42. The number of amides is 2. The molecular weight excluding hydrogens is 536 g/mol. The van der Waals surface area contributed by atoms with E-state index >= 15 is 0 Å². The Morgan fingerprint density at radius 3 is 2.57 bits per heavy atom. The average Bonchev–Trinajstić information content (AvgIpc) is 3.69. The largest absolute Gasteiger partial charge is 0.459 e. The summed E-state index contributed by atoms with van der Waals surface area (Å²) in [5, 5.41) is 10.1. The van der Waals surface area contributed by atoms with Crippen molar-refractivity contribution in [2.45, 2.75) is 82.5 Å². The summed E-state index contributed by atoms with van der Waals surface area (Å²) in [7, 11) is 1.63. The standard InChI is InChI=1S/C30H38N8O4/c1-29(2,3)42-27(41)30-12-11-20(36-30)16-37(17-30)26(40)18-9-10-23(32-14-18)34-28-33-15-19-13-22(25(39)31-4)38(24(19)35-28)21-7-5-6-8-21/h9-10,13-15,20-21,36H,5-8,11-12,16-17H2,1-4H3,(H,31,39)(H,32,33,34,35). The molecule has 2 saturated heterocycles. The lowest BCUT2D eigenvalue weighted by atomic mass is 9.96. The maximum atomic E-state index is 13.5. The van der Waals surface area contributed by atoms with Crippen LogP contribution < -0.4 is 16.0 Å². The van der Waals surface area contributed by atoms with E-state index in [4.69, 9.17) is 9.72 Å². The lowest BCUT2D eigenvalue weighted by molar-refractivity contribution is -0.164. The van der Waals surface area contributed by atoms with Crippen LogP contribution in [-0.2, 0) is 9.53 Å². The number of carbonyl (C=O) groups excluding carboxylic acids is 3. The van der Waals surface area contributed by atoms with E-state index in [9.17, 15) is 14.4 Å². The first-order chi connectivity index (χ1) is 20.0. The van der Waals surface area contributed by atoms with Gasteiger partial charge in [0.1, 0.15) is 28.3 Å². The van der Waals surface area contributed by atoms with Crippen molar-refractivity contribution < 1.29 is 19.1 Å². The predicted octanol–water partition coefficient (Wildman–Crippen LogP) is 3.33. The van der Waals surface area contributed by atoms with E-state index in [0.29, 0.717) is 41.6 Å². The van der Waals surface area contributed by atoms with E-state index in [1.54, 1.807) is 30.3 Å². The van der Waals surface area contributed by atoms with Crippen molar-refractivity contribution in [3.8, 4) is 0 Å². The Bertz CT molecular complexity index is 1520. The molecule has 12 nitrogen and oxygen atoms in total. The van der Waals surface area contributed by atoms with E-state index in [1.165, 1.54) is 6.20 Å². The monoisotopic (exact) mass is 574 g/mol. The van der Waals surface area contributed by atoms with Crippen LogP contribution in [0.4, 0.5) is 11.8 Å². The number of hydrogen-bond donors (Lipinski definition) is 3.